The number of aliphatic hydroxyl groups is 1. The quantitative estimate of drug-likeness (QED) is 0.638. The highest BCUT2D eigenvalue weighted by atomic mass is 32.2. The number of nitrogens with one attached hydrogen (secondary N) is 1. The Labute approximate surface area is 130 Å². The molecule has 0 saturated heterocycles. The Morgan fingerprint density at radius 2 is 1.86 bits per heavy atom. The molecule has 1 fully saturated rings. The molecule has 0 radical (unpaired) electrons. The smallest absolute Gasteiger partial charge is 0.303 e. The normalized spacial score (nSPS) is 20.5. The fraction of sp³-hybridized carbons (Fsp3) is 0.867. The first-order valence-corrected chi connectivity index (χ1v) is 8.86. The number of hydrogen-bond donors (Lipinski definition) is 3. The second kappa shape index (κ2) is 8.63. The van der Waals surface area contributed by atoms with Gasteiger partial charge in [-0.1, -0.05) is 19.3 Å². The van der Waals surface area contributed by atoms with Gasteiger partial charge in [0.2, 0.25) is 5.91 Å². The predicted molar refractivity (Wildman–Crippen MR) is 84.4 cm³/mol. The second-order valence-corrected chi connectivity index (χ2v) is 7.20. The van der Waals surface area contributed by atoms with Crippen LogP contribution in [0.1, 0.15) is 51.9 Å². The van der Waals surface area contributed by atoms with Crippen molar-refractivity contribution in [2.45, 2.75) is 63.2 Å². The van der Waals surface area contributed by atoms with E-state index in [0.29, 0.717) is 0 Å². The van der Waals surface area contributed by atoms with E-state index in [1.807, 2.05) is 13.2 Å². The number of hydrogen-bond acceptors (Lipinski definition) is 4. The van der Waals surface area contributed by atoms with Gasteiger partial charge in [-0.3, -0.25) is 9.59 Å². The zero-order chi connectivity index (χ0) is 15.9. The molecule has 0 spiro atoms. The van der Waals surface area contributed by atoms with Gasteiger partial charge in [0, 0.05) is 17.7 Å². The molecule has 1 aliphatic carbocycles. The van der Waals surface area contributed by atoms with E-state index in [1.165, 1.54) is 11.8 Å². The summed E-state index contributed by atoms with van der Waals surface area (Å²) in [6.45, 7) is 1.89. The number of rotatable bonds is 8. The van der Waals surface area contributed by atoms with Crippen molar-refractivity contribution in [3.05, 3.63) is 0 Å². The lowest BCUT2D eigenvalue weighted by Gasteiger charge is -2.36. The molecule has 122 valence electrons. The van der Waals surface area contributed by atoms with E-state index < -0.39 is 5.97 Å². The maximum Gasteiger partial charge on any atom is 0.303 e. The molecule has 6 heteroatoms. The minimum absolute atomic E-state index is 0.0167. The van der Waals surface area contributed by atoms with E-state index in [9.17, 15) is 14.7 Å². The summed E-state index contributed by atoms with van der Waals surface area (Å²) in [5, 5.41) is 21.3. The maximum atomic E-state index is 12.2. The van der Waals surface area contributed by atoms with Gasteiger partial charge in [0.25, 0.3) is 0 Å². The standard InChI is InChI=1S/C15H27NO4S/c1-11(12(10-17)21-2)16-13(18)8-15(9-14(19)20)6-4-3-5-7-15/h11-12,17H,3-10H2,1-2H3,(H,16,18)(H,19,20). The molecule has 5 nitrogen and oxygen atoms in total. The van der Waals surface area contributed by atoms with Crippen molar-refractivity contribution in [2.24, 2.45) is 5.41 Å². The lowest BCUT2D eigenvalue weighted by Crippen LogP contribution is -2.43. The van der Waals surface area contributed by atoms with E-state index in [0.717, 1.165) is 32.1 Å². The summed E-state index contributed by atoms with van der Waals surface area (Å²) in [5.41, 5.74) is -0.387. The molecule has 1 rings (SSSR count). The van der Waals surface area contributed by atoms with Crippen molar-refractivity contribution in [1.29, 1.82) is 0 Å². The summed E-state index contributed by atoms with van der Waals surface area (Å²) < 4.78 is 0. The molecule has 0 aromatic rings. The van der Waals surface area contributed by atoms with Crippen LogP contribution < -0.4 is 5.32 Å². The molecular weight excluding hydrogens is 290 g/mol. The fourth-order valence-corrected chi connectivity index (χ4v) is 3.84. The van der Waals surface area contributed by atoms with Crippen LogP contribution in [0.5, 0.6) is 0 Å². The van der Waals surface area contributed by atoms with E-state index >= 15 is 0 Å². The average Bonchev–Trinajstić information content (AvgIpc) is 2.39. The van der Waals surface area contributed by atoms with Crippen molar-refractivity contribution in [3.63, 3.8) is 0 Å². The maximum absolute atomic E-state index is 12.2. The van der Waals surface area contributed by atoms with E-state index in [1.54, 1.807) is 0 Å². The molecule has 1 saturated carbocycles. The van der Waals surface area contributed by atoms with Gasteiger partial charge in [0.05, 0.1) is 13.0 Å². The molecule has 0 heterocycles. The lowest BCUT2D eigenvalue weighted by atomic mass is 9.69. The fourth-order valence-electron chi connectivity index (χ4n) is 3.21. The Morgan fingerprint density at radius 3 is 2.33 bits per heavy atom. The minimum Gasteiger partial charge on any atom is -0.481 e. The number of carboxylic acid groups (broad SMARTS) is 1. The van der Waals surface area contributed by atoms with Gasteiger partial charge in [-0.25, -0.2) is 0 Å². The number of aliphatic hydroxyl groups excluding tert-OH is 1. The second-order valence-electron chi connectivity index (χ2n) is 6.12. The summed E-state index contributed by atoms with van der Waals surface area (Å²) in [6.07, 6.45) is 6.99. The van der Waals surface area contributed by atoms with E-state index in [2.05, 4.69) is 5.32 Å². The third-order valence-corrected chi connectivity index (χ3v) is 5.57. The van der Waals surface area contributed by atoms with Gasteiger partial charge in [-0.2, -0.15) is 11.8 Å². The van der Waals surface area contributed by atoms with Crippen molar-refractivity contribution in [1.82, 2.24) is 5.32 Å². The largest absolute Gasteiger partial charge is 0.481 e. The van der Waals surface area contributed by atoms with Crippen LogP contribution in [-0.4, -0.2) is 46.2 Å². The van der Waals surface area contributed by atoms with Gasteiger partial charge < -0.3 is 15.5 Å². The molecule has 0 aliphatic heterocycles. The Bertz CT molecular complexity index is 352. The molecule has 0 aromatic heterocycles. The number of thioether (sulfide) groups is 1. The number of carbonyl (C=O) groups excluding carboxylic acids is 1. The lowest BCUT2D eigenvalue weighted by molar-refractivity contribution is -0.141. The third-order valence-electron chi connectivity index (χ3n) is 4.41. The van der Waals surface area contributed by atoms with Crippen LogP contribution in [0, 0.1) is 5.41 Å². The predicted octanol–water partition coefficient (Wildman–Crippen LogP) is 2.03. The highest BCUT2D eigenvalue weighted by Crippen LogP contribution is 2.42. The molecule has 2 unspecified atom stereocenters. The van der Waals surface area contributed by atoms with Gasteiger partial charge in [-0.05, 0) is 31.4 Å². The van der Waals surface area contributed by atoms with Crippen molar-refractivity contribution >= 4 is 23.6 Å². The van der Waals surface area contributed by atoms with Crippen LogP contribution in [0.3, 0.4) is 0 Å². The van der Waals surface area contributed by atoms with E-state index in [4.69, 9.17) is 5.11 Å². The first kappa shape index (κ1) is 18.3. The summed E-state index contributed by atoms with van der Waals surface area (Å²) in [4.78, 5) is 23.4. The first-order chi connectivity index (χ1) is 9.92. The first-order valence-electron chi connectivity index (χ1n) is 7.57. The summed E-state index contributed by atoms with van der Waals surface area (Å²) in [5.74, 6) is -0.923. The summed E-state index contributed by atoms with van der Waals surface area (Å²) >= 11 is 1.52. The van der Waals surface area contributed by atoms with Crippen LogP contribution in [0.15, 0.2) is 0 Å². The highest BCUT2D eigenvalue weighted by Gasteiger charge is 2.36. The molecule has 1 aliphatic rings. The number of carboxylic acids is 1. The molecule has 2 atom stereocenters. The zero-order valence-corrected chi connectivity index (χ0v) is 13.7. The Hall–Kier alpha value is -0.750. The van der Waals surface area contributed by atoms with Crippen LogP contribution in [0.4, 0.5) is 0 Å². The number of aliphatic carboxylic acids is 1. The van der Waals surface area contributed by atoms with Gasteiger partial charge in [0.15, 0.2) is 0 Å². The minimum atomic E-state index is -0.824. The summed E-state index contributed by atoms with van der Waals surface area (Å²) in [6, 6.07) is -0.122. The Morgan fingerprint density at radius 1 is 1.24 bits per heavy atom. The SMILES string of the molecule is CSC(CO)C(C)NC(=O)CC1(CC(=O)O)CCCCC1. The molecule has 3 N–H and O–H groups in total. The monoisotopic (exact) mass is 317 g/mol. The molecule has 0 bridgehead atoms. The van der Waals surface area contributed by atoms with Crippen LogP contribution in [-0.2, 0) is 9.59 Å². The van der Waals surface area contributed by atoms with Crippen LogP contribution >= 0.6 is 11.8 Å². The van der Waals surface area contributed by atoms with E-state index in [-0.39, 0.29) is 42.1 Å². The van der Waals surface area contributed by atoms with Crippen LogP contribution in [0.2, 0.25) is 0 Å². The molecule has 1 amide bonds. The van der Waals surface area contributed by atoms with Gasteiger partial charge in [0.1, 0.15) is 0 Å². The zero-order valence-electron chi connectivity index (χ0n) is 12.9. The van der Waals surface area contributed by atoms with Gasteiger partial charge >= 0.3 is 5.97 Å². The topological polar surface area (TPSA) is 86.6 Å². The average molecular weight is 317 g/mol. The van der Waals surface area contributed by atoms with Crippen molar-refractivity contribution in [3.8, 4) is 0 Å². The van der Waals surface area contributed by atoms with Crippen molar-refractivity contribution < 1.29 is 19.8 Å². The summed E-state index contributed by atoms with van der Waals surface area (Å²) in [7, 11) is 0. The van der Waals surface area contributed by atoms with Crippen molar-refractivity contribution in [2.75, 3.05) is 12.9 Å². The molecule has 21 heavy (non-hydrogen) atoms. The Balaban J connectivity index is 2.61. The highest BCUT2D eigenvalue weighted by molar-refractivity contribution is 7.99. The number of carbonyl (C=O) groups is 2. The third kappa shape index (κ3) is 5.87. The van der Waals surface area contributed by atoms with Crippen LogP contribution in [0.25, 0.3) is 0 Å². The molecule has 0 aromatic carbocycles. The Kier molecular flexibility index (Phi) is 7.52. The van der Waals surface area contributed by atoms with Gasteiger partial charge in [-0.15, -0.1) is 0 Å². The molecular formula is C15H27NO4S. The number of amides is 1.